The van der Waals surface area contributed by atoms with Crippen LogP contribution in [0.3, 0.4) is 0 Å². The highest BCUT2D eigenvalue weighted by molar-refractivity contribution is 7.92. The van der Waals surface area contributed by atoms with Crippen LogP contribution in [0.2, 0.25) is 0 Å². The fourth-order valence-electron chi connectivity index (χ4n) is 2.37. The Morgan fingerprint density at radius 1 is 1.10 bits per heavy atom. The molecule has 8 heteroatoms. The van der Waals surface area contributed by atoms with E-state index < -0.39 is 28.0 Å². The van der Waals surface area contributed by atoms with Gasteiger partial charge in [0.1, 0.15) is 0 Å². The van der Waals surface area contributed by atoms with Gasteiger partial charge in [-0.3, -0.25) is 9.52 Å². The zero-order valence-electron chi connectivity index (χ0n) is 16.6. The summed E-state index contributed by atoms with van der Waals surface area (Å²) in [5, 5.41) is 2.54. The third-order valence-electron chi connectivity index (χ3n) is 4.24. The van der Waals surface area contributed by atoms with Crippen molar-refractivity contribution in [3.63, 3.8) is 0 Å². The molecular weight excluding hydrogens is 392 g/mol. The topological polar surface area (TPSA) is 102 Å². The summed E-state index contributed by atoms with van der Waals surface area (Å²) in [5.74, 6) is -1.12. The van der Waals surface area contributed by atoms with E-state index in [1.165, 1.54) is 43.3 Å². The molecule has 0 heterocycles. The van der Waals surface area contributed by atoms with Crippen LogP contribution in [-0.2, 0) is 19.6 Å². The van der Waals surface area contributed by atoms with Crippen molar-refractivity contribution in [2.24, 2.45) is 0 Å². The molecule has 1 amide bonds. The lowest BCUT2D eigenvalue weighted by Crippen LogP contribution is -2.35. The number of sulfonamides is 1. The normalized spacial score (nSPS) is 12.0. The van der Waals surface area contributed by atoms with E-state index in [-0.39, 0.29) is 17.0 Å². The van der Waals surface area contributed by atoms with Crippen LogP contribution < -0.4 is 10.0 Å². The van der Waals surface area contributed by atoms with Crippen LogP contribution >= 0.6 is 0 Å². The van der Waals surface area contributed by atoms with Crippen molar-refractivity contribution in [3.8, 4) is 0 Å². The van der Waals surface area contributed by atoms with Gasteiger partial charge >= 0.3 is 5.97 Å². The van der Waals surface area contributed by atoms with E-state index >= 15 is 0 Å². The van der Waals surface area contributed by atoms with Gasteiger partial charge in [0.15, 0.2) is 6.10 Å². The van der Waals surface area contributed by atoms with Crippen molar-refractivity contribution in [2.45, 2.75) is 31.8 Å². The number of ether oxygens (including phenoxy) is 1. The largest absolute Gasteiger partial charge is 0.449 e. The number of esters is 1. The Kier molecular flexibility index (Phi) is 7.17. The van der Waals surface area contributed by atoms with E-state index in [1.807, 2.05) is 13.8 Å². The highest BCUT2D eigenvalue weighted by atomic mass is 32.2. The van der Waals surface area contributed by atoms with E-state index in [9.17, 15) is 18.0 Å². The molecule has 2 aromatic carbocycles. The van der Waals surface area contributed by atoms with Crippen molar-refractivity contribution in [1.29, 1.82) is 0 Å². The van der Waals surface area contributed by atoms with Gasteiger partial charge < -0.3 is 10.1 Å². The fraction of sp³-hybridized carbons (Fsp3) is 0.238. The molecular formula is C21H24N2O5S. The second-order valence-electron chi connectivity index (χ2n) is 6.51. The van der Waals surface area contributed by atoms with Crippen LogP contribution in [0.1, 0.15) is 28.4 Å². The summed E-state index contributed by atoms with van der Waals surface area (Å²) in [7, 11) is -3.75. The van der Waals surface area contributed by atoms with Gasteiger partial charge in [-0.15, -0.1) is 6.58 Å². The first-order chi connectivity index (χ1) is 13.6. The summed E-state index contributed by atoms with van der Waals surface area (Å²) >= 11 is 0. The Labute approximate surface area is 170 Å². The minimum absolute atomic E-state index is 0.156. The van der Waals surface area contributed by atoms with Crippen LogP contribution in [0.4, 0.5) is 5.69 Å². The summed E-state index contributed by atoms with van der Waals surface area (Å²) < 4.78 is 32.7. The lowest BCUT2D eigenvalue weighted by Gasteiger charge is -2.13. The molecule has 2 aromatic rings. The second-order valence-corrected chi connectivity index (χ2v) is 8.19. The molecule has 7 nitrogen and oxygen atoms in total. The Bertz CT molecular complexity index is 1010. The van der Waals surface area contributed by atoms with Crippen molar-refractivity contribution >= 4 is 27.6 Å². The van der Waals surface area contributed by atoms with Crippen molar-refractivity contribution in [3.05, 3.63) is 71.8 Å². The number of carbonyl (C=O) groups is 2. The minimum atomic E-state index is -3.75. The van der Waals surface area contributed by atoms with Gasteiger partial charge in [-0.2, -0.15) is 0 Å². The van der Waals surface area contributed by atoms with E-state index in [1.54, 1.807) is 12.1 Å². The Hall–Kier alpha value is -3.13. The highest BCUT2D eigenvalue weighted by Crippen LogP contribution is 2.19. The monoisotopic (exact) mass is 416 g/mol. The summed E-state index contributed by atoms with van der Waals surface area (Å²) in [6.45, 7) is 8.97. The molecule has 29 heavy (non-hydrogen) atoms. The summed E-state index contributed by atoms with van der Waals surface area (Å²) in [4.78, 5) is 24.1. The first-order valence-electron chi connectivity index (χ1n) is 8.94. The molecule has 0 saturated heterocycles. The van der Waals surface area contributed by atoms with Gasteiger partial charge in [0.25, 0.3) is 15.9 Å². The summed E-state index contributed by atoms with van der Waals surface area (Å²) in [6, 6.07) is 10.6. The van der Waals surface area contributed by atoms with Gasteiger partial charge in [-0.1, -0.05) is 12.1 Å². The molecule has 0 spiro atoms. The number of anilines is 1. The van der Waals surface area contributed by atoms with E-state index in [2.05, 4.69) is 16.6 Å². The molecule has 0 aromatic heterocycles. The van der Waals surface area contributed by atoms with Crippen LogP contribution in [0.25, 0.3) is 0 Å². The van der Waals surface area contributed by atoms with Crippen LogP contribution in [0, 0.1) is 13.8 Å². The lowest BCUT2D eigenvalue weighted by atomic mass is 10.1. The Balaban J connectivity index is 2.05. The number of hydrogen-bond acceptors (Lipinski definition) is 5. The molecule has 0 saturated carbocycles. The van der Waals surface area contributed by atoms with E-state index in [0.29, 0.717) is 5.69 Å². The molecule has 2 N–H and O–H groups in total. The molecule has 0 radical (unpaired) electrons. The quantitative estimate of drug-likeness (QED) is 0.509. The number of benzene rings is 2. The van der Waals surface area contributed by atoms with Crippen molar-refractivity contribution in [1.82, 2.24) is 5.32 Å². The van der Waals surface area contributed by atoms with Crippen LogP contribution in [0.15, 0.2) is 60.0 Å². The maximum absolute atomic E-state index is 12.5. The maximum atomic E-state index is 12.5. The third-order valence-corrected chi connectivity index (χ3v) is 5.61. The van der Waals surface area contributed by atoms with Crippen LogP contribution in [-0.4, -0.2) is 32.9 Å². The maximum Gasteiger partial charge on any atom is 0.338 e. The first kappa shape index (κ1) is 22.2. The average molecular weight is 416 g/mol. The molecule has 0 aliphatic heterocycles. The smallest absolute Gasteiger partial charge is 0.338 e. The lowest BCUT2D eigenvalue weighted by molar-refractivity contribution is -0.128. The number of nitrogens with one attached hydrogen (secondary N) is 2. The molecule has 0 fully saturated rings. The van der Waals surface area contributed by atoms with E-state index in [4.69, 9.17) is 4.74 Å². The number of hydrogen-bond donors (Lipinski definition) is 2. The Morgan fingerprint density at radius 3 is 2.34 bits per heavy atom. The van der Waals surface area contributed by atoms with Gasteiger partial charge in [0, 0.05) is 12.2 Å². The minimum Gasteiger partial charge on any atom is -0.449 e. The average Bonchev–Trinajstić information content (AvgIpc) is 2.68. The Morgan fingerprint density at radius 2 is 1.76 bits per heavy atom. The highest BCUT2D eigenvalue weighted by Gasteiger charge is 2.19. The fourth-order valence-corrected chi connectivity index (χ4v) is 3.51. The second kappa shape index (κ2) is 9.38. The standard InChI is InChI=1S/C21H24N2O5S/c1-5-12-22-20(24)16(4)28-21(25)17-7-9-18(10-8-17)23-29(26,27)19-11-6-14(2)15(3)13-19/h5-11,13,16,23H,1,12H2,2-4H3,(H,22,24)/t16-/m1/s1. The number of aryl methyl sites for hydroxylation is 2. The van der Waals surface area contributed by atoms with Crippen molar-refractivity contribution < 1.29 is 22.7 Å². The van der Waals surface area contributed by atoms with Gasteiger partial charge in [-0.05, 0) is 68.3 Å². The number of carbonyl (C=O) groups excluding carboxylic acids is 2. The first-order valence-corrected chi connectivity index (χ1v) is 10.4. The number of rotatable bonds is 8. The SMILES string of the molecule is C=CCNC(=O)[C@@H](C)OC(=O)c1ccc(NS(=O)(=O)c2ccc(C)c(C)c2)cc1. The molecule has 2 rings (SSSR count). The molecule has 0 aliphatic carbocycles. The zero-order valence-corrected chi connectivity index (χ0v) is 17.4. The predicted octanol–water partition coefficient (Wildman–Crippen LogP) is 2.95. The van der Waals surface area contributed by atoms with Crippen molar-refractivity contribution in [2.75, 3.05) is 11.3 Å². The molecule has 0 unspecified atom stereocenters. The van der Waals surface area contributed by atoms with Crippen LogP contribution in [0.5, 0.6) is 0 Å². The van der Waals surface area contributed by atoms with Gasteiger partial charge in [-0.25, -0.2) is 13.2 Å². The summed E-state index contributed by atoms with van der Waals surface area (Å²) in [6.07, 6.45) is 0.551. The molecule has 0 bridgehead atoms. The van der Waals surface area contributed by atoms with Gasteiger partial charge in [0.2, 0.25) is 0 Å². The number of amides is 1. The molecule has 1 atom stereocenters. The summed E-state index contributed by atoms with van der Waals surface area (Å²) in [5.41, 5.74) is 2.37. The third kappa shape index (κ3) is 5.92. The molecule has 0 aliphatic rings. The van der Waals surface area contributed by atoms with E-state index in [0.717, 1.165) is 11.1 Å². The zero-order chi connectivity index (χ0) is 21.6. The predicted molar refractivity (Wildman–Crippen MR) is 111 cm³/mol. The van der Waals surface area contributed by atoms with Gasteiger partial charge in [0.05, 0.1) is 10.5 Å². The molecule has 154 valence electrons.